The Bertz CT molecular complexity index is 411. The molecule has 1 aromatic rings. The quantitative estimate of drug-likeness (QED) is 0.855. The van der Waals surface area contributed by atoms with Crippen LogP contribution >= 0.6 is 0 Å². The second-order valence-electron chi connectivity index (χ2n) is 6.64. The molecule has 0 saturated heterocycles. The lowest BCUT2D eigenvalue weighted by atomic mass is 9.52. The van der Waals surface area contributed by atoms with Crippen LogP contribution in [-0.2, 0) is 6.42 Å². The van der Waals surface area contributed by atoms with Gasteiger partial charge in [0.1, 0.15) is 5.82 Å². The van der Waals surface area contributed by atoms with Gasteiger partial charge in [-0.1, -0.05) is 0 Å². The van der Waals surface area contributed by atoms with Gasteiger partial charge in [-0.15, -0.1) is 0 Å². The van der Waals surface area contributed by atoms with Gasteiger partial charge in [0.25, 0.3) is 0 Å². The summed E-state index contributed by atoms with van der Waals surface area (Å²) in [7, 11) is 0. The van der Waals surface area contributed by atoms with E-state index in [1.807, 2.05) is 0 Å². The first-order valence-corrected chi connectivity index (χ1v) is 7.44. The molecule has 98 valence electrons. The summed E-state index contributed by atoms with van der Waals surface area (Å²) >= 11 is 0. The second kappa shape index (κ2) is 4.05. The van der Waals surface area contributed by atoms with Crippen molar-refractivity contribution < 1.29 is 0 Å². The van der Waals surface area contributed by atoms with Gasteiger partial charge >= 0.3 is 0 Å². The van der Waals surface area contributed by atoms with Crippen LogP contribution in [0.25, 0.3) is 0 Å². The summed E-state index contributed by atoms with van der Waals surface area (Å²) < 4.78 is 0. The van der Waals surface area contributed by atoms with E-state index in [0.717, 1.165) is 41.7 Å². The van der Waals surface area contributed by atoms with Crippen LogP contribution in [-0.4, -0.2) is 21.7 Å². The van der Waals surface area contributed by atoms with Crippen LogP contribution in [0.2, 0.25) is 0 Å². The van der Waals surface area contributed by atoms with E-state index in [-0.39, 0.29) is 0 Å². The van der Waals surface area contributed by atoms with Crippen LogP contribution in [0.15, 0.2) is 0 Å². The second-order valence-corrected chi connectivity index (χ2v) is 6.64. The van der Waals surface area contributed by atoms with E-state index in [1.54, 1.807) is 0 Å². The zero-order chi connectivity index (χ0) is 12.1. The molecule has 0 spiro atoms. The maximum Gasteiger partial charge on any atom is 0.154 e. The lowest BCUT2D eigenvalue weighted by Crippen LogP contribution is -2.44. The molecule has 3 N–H and O–H groups in total. The van der Waals surface area contributed by atoms with Gasteiger partial charge < -0.3 is 5.73 Å². The average Bonchev–Trinajstić information content (AvgIpc) is 2.76. The zero-order valence-electron chi connectivity index (χ0n) is 10.8. The molecular weight excluding hydrogens is 224 g/mol. The van der Waals surface area contributed by atoms with Crippen LogP contribution in [0.5, 0.6) is 0 Å². The molecule has 4 nitrogen and oxygen atoms in total. The van der Waals surface area contributed by atoms with Crippen LogP contribution in [0, 0.1) is 23.7 Å². The maximum atomic E-state index is 5.58. The van der Waals surface area contributed by atoms with E-state index in [2.05, 4.69) is 10.2 Å². The van der Waals surface area contributed by atoms with E-state index < -0.39 is 0 Å². The minimum Gasteiger partial charge on any atom is -0.330 e. The Morgan fingerprint density at radius 3 is 2.33 bits per heavy atom. The van der Waals surface area contributed by atoms with Gasteiger partial charge in [0.2, 0.25) is 0 Å². The number of nitrogens with zero attached hydrogens (tertiary/aromatic N) is 2. The fraction of sp³-hybridized carbons (Fsp3) is 0.857. The third-order valence-corrected chi connectivity index (χ3v) is 5.46. The first-order chi connectivity index (χ1) is 8.83. The monoisotopic (exact) mass is 246 g/mol. The number of hydrogen-bond donors (Lipinski definition) is 2. The Morgan fingerprint density at radius 2 is 1.72 bits per heavy atom. The van der Waals surface area contributed by atoms with Crippen LogP contribution in [0.1, 0.15) is 49.7 Å². The molecule has 4 saturated carbocycles. The van der Waals surface area contributed by atoms with Gasteiger partial charge in [0.05, 0.1) is 0 Å². The zero-order valence-corrected chi connectivity index (χ0v) is 10.8. The van der Waals surface area contributed by atoms with Gasteiger partial charge in [-0.2, -0.15) is 5.10 Å². The molecule has 4 bridgehead atoms. The predicted molar refractivity (Wildman–Crippen MR) is 68.9 cm³/mol. The van der Waals surface area contributed by atoms with E-state index >= 15 is 0 Å². The first kappa shape index (κ1) is 11.0. The highest BCUT2D eigenvalue weighted by Gasteiger charge is 2.49. The Labute approximate surface area is 108 Å². The SMILES string of the molecule is NCCc1nc(C2C3CC4CC(C3)CC2C4)n[nH]1. The van der Waals surface area contributed by atoms with E-state index in [9.17, 15) is 0 Å². The molecule has 0 unspecified atom stereocenters. The fourth-order valence-electron chi connectivity index (χ4n) is 5.05. The average molecular weight is 246 g/mol. The molecule has 1 heterocycles. The summed E-state index contributed by atoms with van der Waals surface area (Å²) in [6.07, 6.45) is 8.04. The van der Waals surface area contributed by atoms with Gasteiger partial charge in [-0.25, -0.2) is 4.98 Å². The minimum absolute atomic E-state index is 0.639. The molecule has 4 aliphatic rings. The fourth-order valence-corrected chi connectivity index (χ4v) is 5.05. The summed E-state index contributed by atoms with van der Waals surface area (Å²) in [6.45, 7) is 0.649. The smallest absolute Gasteiger partial charge is 0.154 e. The van der Waals surface area contributed by atoms with Gasteiger partial charge in [0, 0.05) is 12.3 Å². The molecule has 18 heavy (non-hydrogen) atoms. The van der Waals surface area contributed by atoms with Crippen molar-refractivity contribution in [1.82, 2.24) is 15.2 Å². The highest BCUT2D eigenvalue weighted by Crippen LogP contribution is 2.59. The molecule has 4 heteroatoms. The van der Waals surface area contributed by atoms with Gasteiger partial charge in [0.15, 0.2) is 5.82 Å². The summed E-state index contributed by atoms with van der Waals surface area (Å²) in [5, 5.41) is 7.56. The highest BCUT2D eigenvalue weighted by molar-refractivity contribution is 5.11. The molecule has 0 radical (unpaired) electrons. The number of nitrogens with one attached hydrogen (secondary N) is 1. The largest absolute Gasteiger partial charge is 0.330 e. The van der Waals surface area contributed by atoms with Crippen molar-refractivity contribution in [2.75, 3.05) is 6.54 Å². The molecule has 4 aliphatic carbocycles. The number of rotatable bonds is 3. The van der Waals surface area contributed by atoms with Crippen LogP contribution in [0.4, 0.5) is 0 Å². The Morgan fingerprint density at radius 1 is 1.06 bits per heavy atom. The Hall–Kier alpha value is -0.900. The third-order valence-electron chi connectivity index (χ3n) is 5.46. The van der Waals surface area contributed by atoms with Crippen molar-refractivity contribution in [2.45, 2.75) is 44.4 Å². The van der Waals surface area contributed by atoms with Gasteiger partial charge in [-0.05, 0) is 62.3 Å². The summed E-state index contributed by atoms with van der Waals surface area (Å²) in [6, 6.07) is 0. The molecule has 5 rings (SSSR count). The van der Waals surface area contributed by atoms with Crippen molar-refractivity contribution in [3.8, 4) is 0 Å². The van der Waals surface area contributed by atoms with Crippen molar-refractivity contribution in [1.29, 1.82) is 0 Å². The molecular formula is C14H22N4. The molecule has 0 aromatic carbocycles. The first-order valence-electron chi connectivity index (χ1n) is 7.44. The molecule has 0 atom stereocenters. The van der Waals surface area contributed by atoms with E-state index in [1.165, 1.54) is 32.1 Å². The Balaban J connectivity index is 1.60. The minimum atomic E-state index is 0.639. The van der Waals surface area contributed by atoms with Crippen molar-refractivity contribution >= 4 is 0 Å². The van der Waals surface area contributed by atoms with E-state index in [0.29, 0.717) is 12.5 Å². The predicted octanol–water partition coefficient (Wildman–Crippen LogP) is 1.85. The summed E-state index contributed by atoms with van der Waals surface area (Å²) in [4.78, 5) is 4.70. The number of aromatic amines is 1. The molecule has 4 fully saturated rings. The summed E-state index contributed by atoms with van der Waals surface area (Å²) in [5.41, 5.74) is 5.58. The lowest BCUT2D eigenvalue weighted by Gasteiger charge is -2.53. The lowest BCUT2D eigenvalue weighted by molar-refractivity contribution is -0.00555. The van der Waals surface area contributed by atoms with Crippen LogP contribution in [0.3, 0.4) is 0 Å². The van der Waals surface area contributed by atoms with Crippen molar-refractivity contribution in [3.63, 3.8) is 0 Å². The number of aromatic nitrogens is 3. The third kappa shape index (κ3) is 1.62. The molecule has 0 amide bonds. The van der Waals surface area contributed by atoms with E-state index in [4.69, 9.17) is 10.7 Å². The number of H-pyrrole nitrogens is 1. The standard InChI is InChI=1S/C14H22N4/c15-2-1-12-16-14(18-17-12)13-10-4-8-3-9(6-10)7-11(13)5-8/h8-11,13H,1-7,15H2,(H,16,17,18). The molecule has 1 aromatic heterocycles. The number of hydrogen-bond acceptors (Lipinski definition) is 3. The highest BCUT2D eigenvalue weighted by atomic mass is 15.2. The maximum absolute atomic E-state index is 5.58. The summed E-state index contributed by atoms with van der Waals surface area (Å²) in [5.74, 6) is 6.47. The number of nitrogens with two attached hydrogens (primary N) is 1. The van der Waals surface area contributed by atoms with Crippen LogP contribution < -0.4 is 5.73 Å². The topological polar surface area (TPSA) is 67.6 Å². The van der Waals surface area contributed by atoms with Crippen molar-refractivity contribution in [3.05, 3.63) is 11.6 Å². The molecule has 0 aliphatic heterocycles. The Kier molecular flexibility index (Phi) is 2.47. The van der Waals surface area contributed by atoms with Crippen molar-refractivity contribution in [2.24, 2.45) is 29.4 Å². The normalized spacial score (nSPS) is 41.5. The van der Waals surface area contributed by atoms with Gasteiger partial charge in [-0.3, -0.25) is 5.10 Å².